The number of fused-ring (bicyclic) bond motifs is 1. The normalized spacial score (nSPS) is 11.6. The third-order valence-corrected chi connectivity index (χ3v) is 6.84. The number of nitrogens with one attached hydrogen (secondary N) is 1. The number of hydrogen-bond acceptors (Lipinski definition) is 8. The number of aromatic nitrogens is 3. The Hall–Kier alpha value is -4.55. The van der Waals surface area contributed by atoms with E-state index in [1.54, 1.807) is 30.3 Å². The molecule has 0 saturated heterocycles. The van der Waals surface area contributed by atoms with Crippen molar-refractivity contribution in [1.29, 1.82) is 0 Å². The van der Waals surface area contributed by atoms with Crippen LogP contribution < -0.4 is 11.1 Å². The summed E-state index contributed by atoms with van der Waals surface area (Å²) in [5, 5.41) is 20.7. The fraction of sp³-hybridized carbons (Fsp3) is 0.0800. The second-order valence-electron chi connectivity index (χ2n) is 8.26. The molecular weight excluding hydrogens is 501 g/mol. The number of nitrogens with zero attached hydrogens (tertiary/aromatic N) is 3. The number of amides is 1. The van der Waals surface area contributed by atoms with E-state index in [2.05, 4.69) is 15.6 Å². The predicted octanol–water partition coefficient (Wildman–Crippen LogP) is 3.55. The Balaban J connectivity index is 1.48. The first-order chi connectivity index (χ1) is 17.7. The monoisotopic (exact) mass is 521 g/mol. The first-order valence-corrected chi connectivity index (χ1v) is 12.8. The molecule has 0 spiro atoms. The fourth-order valence-corrected chi connectivity index (χ4v) is 4.87. The average Bonchev–Trinajstić information content (AvgIpc) is 3.47. The van der Waals surface area contributed by atoms with Gasteiger partial charge in [-0.1, -0.05) is 23.4 Å². The van der Waals surface area contributed by atoms with Crippen molar-refractivity contribution in [3.8, 4) is 16.8 Å². The summed E-state index contributed by atoms with van der Waals surface area (Å²) in [7, 11) is -3.59. The molecule has 0 aliphatic rings. The van der Waals surface area contributed by atoms with Crippen molar-refractivity contribution in [3.63, 3.8) is 0 Å². The minimum atomic E-state index is -3.59. The maximum Gasteiger partial charge on any atom is 0.274 e. The highest BCUT2D eigenvalue weighted by Crippen LogP contribution is 2.31. The molecule has 5 rings (SSSR count). The maximum atomic E-state index is 15.1. The lowest BCUT2D eigenvalue weighted by Crippen LogP contribution is -2.17. The molecule has 3 aromatic carbocycles. The quantitative estimate of drug-likeness (QED) is 0.307. The summed E-state index contributed by atoms with van der Waals surface area (Å²) in [6, 6.07) is 16.4. The van der Waals surface area contributed by atoms with Gasteiger partial charge in [-0.2, -0.15) is 5.10 Å². The van der Waals surface area contributed by atoms with Crippen LogP contribution in [0.5, 0.6) is 0 Å². The number of halogens is 1. The molecule has 5 aromatic rings. The van der Waals surface area contributed by atoms with Crippen LogP contribution in [0.3, 0.4) is 0 Å². The Labute approximate surface area is 210 Å². The van der Waals surface area contributed by atoms with Crippen molar-refractivity contribution in [2.24, 2.45) is 0 Å². The van der Waals surface area contributed by atoms with Crippen molar-refractivity contribution in [3.05, 3.63) is 83.9 Å². The van der Waals surface area contributed by atoms with Crippen LogP contribution in [-0.4, -0.2) is 40.6 Å². The fourth-order valence-electron chi connectivity index (χ4n) is 3.96. The van der Waals surface area contributed by atoms with Crippen LogP contribution >= 0.6 is 0 Å². The Morgan fingerprint density at radius 1 is 1.11 bits per heavy atom. The van der Waals surface area contributed by atoms with E-state index in [1.165, 1.54) is 35.0 Å². The first kappa shape index (κ1) is 24.2. The largest absolute Gasteiger partial charge is 0.390 e. The zero-order valence-corrected chi connectivity index (χ0v) is 20.2. The van der Waals surface area contributed by atoms with E-state index in [0.717, 1.165) is 12.3 Å². The lowest BCUT2D eigenvalue weighted by atomic mass is 10.0. The van der Waals surface area contributed by atoms with Crippen molar-refractivity contribution in [1.82, 2.24) is 14.9 Å². The second kappa shape index (κ2) is 9.15. The van der Waals surface area contributed by atoms with E-state index in [4.69, 9.17) is 10.3 Å². The summed E-state index contributed by atoms with van der Waals surface area (Å²) in [5.41, 5.74) is 7.49. The van der Waals surface area contributed by atoms with Crippen LogP contribution in [0.25, 0.3) is 27.8 Å². The Bertz CT molecular complexity index is 1780. The van der Waals surface area contributed by atoms with E-state index >= 15 is 4.39 Å². The Morgan fingerprint density at radius 3 is 2.62 bits per heavy atom. The zero-order valence-electron chi connectivity index (χ0n) is 19.3. The molecule has 0 atom stereocenters. The Kier molecular flexibility index (Phi) is 5.97. The number of aliphatic hydroxyl groups excluding tert-OH is 1. The molecular formula is C25H20FN5O5S. The number of rotatable bonds is 6. The number of benzene rings is 3. The van der Waals surface area contributed by atoms with Gasteiger partial charge in [0.15, 0.2) is 21.2 Å². The van der Waals surface area contributed by atoms with E-state index in [0.29, 0.717) is 16.7 Å². The molecule has 0 fully saturated rings. The van der Waals surface area contributed by atoms with Crippen LogP contribution in [0, 0.1) is 5.82 Å². The minimum absolute atomic E-state index is 0.00320. The predicted molar refractivity (Wildman–Crippen MR) is 134 cm³/mol. The third-order valence-electron chi connectivity index (χ3n) is 5.68. The van der Waals surface area contributed by atoms with Crippen LogP contribution in [0.15, 0.2) is 76.1 Å². The SMILES string of the molecule is CS(=O)(=O)c1ccccc1-c1ccc(NC(=O)c2cc(CO)nn2-c2ccc3onc(N)c3c2)cc1F. The first-order valence-electron chi connectivity index (χ1n) is 10.9. The molecule has 12 heteroatoms. The zero-order chi connectivity index (χ0) is 26.3. The van der Waals surface area contributed by atoms with Gasteiger partial charge in [-0.3, -0.25) is 4.79 Å². The van der Waals surface area contributed by atoms with Crippen LogP contribution in [0.1, 0.15) is 16.2 Å². The number of carbonyl (C=O) groups is 1. The molecule has 0 aliphatic carbocycles. The van der Waals surface area contributed by atoms with Gasteiger partial charge in [-0.05, 0) is 48.5 Å². The molecule has 2 aromatic heterocycles. The van der Waals surface area contributed by atoms with Gasteiger partial charge in [0, 0.05) is 23.1 Å². The number of nitrogen functional groups attached to an aromatic ring is 1. The highest BCUT2D eigenvalue weighted by Gasteiger charge is 2.20. The molecule has 0 saturated carbocycles. The highest BCUT2D eigenvalue weighted by molar-refractivity contribution is 7.90. The maximum absolute atomic E-state index is 15.1. The molecule has 1 amide bonds. The number of nitrogens with two attached hydrogens (primary N) is 1. The lowest BCUT2D eigenvalue weighted by molar-refractivity contribution is 0.101. The highest BCUT2D eigenvalue weighted by atomic mass is 32.2. The van der Waals surface area contributed by atoms with Crippen LogP contribution in [0.2, 0.25) is 0 Å². The smallest absolute Gasteiger partial charge is 0.274 e. The van der Waals surface area contributed by atoms with Gasteiger partial charge in [-0.25, -0.2) is 17.5 Å². The lowest BCUT2D eigenvalue weighted by Gasteiger charge is -2.12. The van der Waals surface area contributed by atoms with Crippen LogP contribution in [0.4, 0.5) is 15.9 Å². The molecule has 2 heterocycles. The summed E-state index contributed by atoms with van der Waals surface area (Å²) in [4.78, 5) is 13.2. The molecule has 37 heavy (non-hydrogen) atoms. The average molecular weight is 522 g/mol. The molecule has 4 N–H and O–H groups in total. The molecule has 0 bridgehead atoms. The molecule has 0 radical (unpaired) electrons. The standard InChI is InChI=1S/C25H20FN5O5S/c1-37(34,35)23-5-3-2-4-18(23)17-8-6-14(10-20(17)26)28-25(33)21-11-15(13-32)29-31(21)16-7-9-22-19(12-16)24(27)30-36-22/h2-12,32H,13H2,1H3,(H2,27,30)(H,28,33). The van der Waals surface area contributed by atoms with Crippen molar-refractivity contribution < 1.29 is 27.2 Å². The van der Waals surface area contributed by atoms with Gasteiger partial charge in [0.05, 0.1) is 28.3 Å². The number of anilines is 2. The van der Waals surface area contributed by atoms with Crippen molar-refractivity contribution in [2.45, 2.75) is 11.5 Å². The number of aliphatic hydroxyl groups is 1. The van der Waals surface area contributed by atoms with E-state index in [-0.39, 0.29) is 38.9 Å². The minimum Gasteiger partial charge on any atom is -0.390 e. The summed E-state index contributed by atoms with van der Waals surface area (Å²) in [6.45, 7) is -0.409. The topological polar surface area (TPSA) is 153 Å². The van der Waals surface area contributed by atoms with Gasteiger partial charge < -0.3 is 20.7 Å². The molecule has 188 valence electrons. The summed E-state index contributed by atoms with van der Waals surface area (Å²) < 4.78 is 45.8. The summed E-state index contributed by atoms with van der Waals surface area (Å²) in [5.74, 6) is -1.16. The van der Waals surface area contributed by atoms with E-state index in [9.17, 15) is 18.3 Å². The summed E-state index contributed by atoms with van der Waals surface area (Å²) in [6.07, 6.45) is 1.05. The molecule has 10 nitrogen and oxygen atoms in total. The number of hydrogen-bond donors (Lipinski definition) is 3. The number of sulfone groups is 1. The van der Waals surface area contributed by atoms with E-state index < -0.39 is 28.2 Å². The van der Waals surface area contributed by atoms with Gasteiger partial charge in [0.1, 0.15) is 11.5 Å². The second-order valence-corrected chi connectivity index (χ2v) is 10.2. The van der Waals surface area contributed by atoms with Crippen molar-refractivity contribution >= 4 is 38.2 Å². The molecule has 0 aliphatic heterocycles. The van der Waals surface area contributed by atoms with Gasteiger partial charge >= 0.3 is 0 Å². The molecule has 0 unspecified atom stereocenters. The van der Waals surface area contributed by atoms with Gasteiger partial charge in [0.2, 0.25) is 0 Å². The van der Waals surface area contributed by atoms with Gasteiger partial charge in [-0.15, -0.1) is 0 Å². The third kappa shape index (κ3) is 4.55. The van der Waals surface area contributed by atoms with E-state index in [1.807, 2.05) is 0 Å². The summed E-state index contributed by atoms with van der Waals surface area (Å²) >= 11 is 0. The van der Waals surface area contributed by atoms with Gasteiger partial charge in [0.25, 0.3) is 5.91 Å². The number of carbonyl (C=O) groups excluding carboxylic acids is 1. The van der Waals surface area contributed by atoms with Crippen LogP contribution in [-0.2, 0) is 16.4 Å². The Morgan fingerprint density at radius 2 is 1.89 bits per heavy atom. The van der Waals surface area contributed by atoms with Crippen molar-refractivity contribution in [2.75, 3.05) is 17.3 Å².